The maximum Gasteiger partial charge on any atom is 0.276 e. The normalized spacial score (nSPS) is 16.6. The topological polar surface area (TPSA) is 103 Å². The van der Waals surface area contributed by atoms with Crippen molar-refractivity contribution in [2.24, 2.45) is 0 Å². The average Bonchev–Trinajstić information content (AvgIpc) is 3.32. The Hall–Kier alpha value is -2.78. The molecule has 0 bridgehead atoms. The van der Waals surface area contributed by atoms with Crippen LogP contribution in [0.3, 0.4) is 0 Å². The van der Waals surface area contributed by atoms with Crippen LogP contribution in [0.2, 0.25) is 0 Å². The Morgan fingerprint density at radius 2 is 2.22 bits per heavy atom. The van der Waals surface area contributed by atoms with Crippen molar-refractivity contribution >= 4 is 24.0 Å². The summed E-state index contributed by atoms with van der Waals surface area (Å²) in [5, 5.41) is 22.1. The van der Waals surface area contributed by atoms with Crippen LogP contribution in [0.4, 0.5) is 5.69 Å². The number of hydrogen-bond acceptors (Lipinski definition) is 6. The molecule has 1 aliphatic rings. The summed E-state index contributed by atoms with van der Waals surface area (Å²) in [4.78, 5) is 12.5. The van der Waals surface area contributed by atoms with E-state index in [9.17, 15) is 4.79 Å². The molecule has 0 aliphatic carbocycles. The van der Waals surface area contributed by atoms with Gasteiger partial charge in [-0.2, -0.15) is 9.78 Å². The first-order valence-electron chi connectivity index (χ1n) is 8.63. The highest BCUT2D eigenvalue weighted by atomic mass is 35.5. The summed E-state index contributed by atoms with van der Waals surface area (Å²) in [6.45, 7) is 3.75. The number of carbonyl (C=O) groups is 1. The number of amides is 1. The number of aryl methyl sites for hydroxylation is 1. The van der Waals surface area contributed by atoms with E-state index in [1.807, 2.05) is 42.1 Å². The van der Waals surface area contributed by atoms with Gasteiger partial charge in [-0.25, -0.2) is 0 Å². The SMILES string of the molecule is Cc1nnnn1-c1cccc(NC(=O)c2ccn(C3CCCNC3)n2)c1.Cl. The van der Waals surface area contributed by atoms with E-state index in [-0.39, 0.29) is 18.3 Å². The second kappa shape index (κ2) is 8.28. The maximum atomic E-state index is 12.5. The number of nitrogens with one attached hydrogen (secondary N) is 2. The van der Waals surface area contributed by atoms with Crippen molar-refractivity contribution in [2.45, 2.75) is 25.8 Å². The van der Waals surface area contributed by atoms with Crippen molar-refractivity contribution in [3.8, 4) is 5.69 Å². The second-order valence-corrected chi connectivity index (χ2v) is 6.32. The fourth-order valence-electron chi connectivity index (χ4n) is 3.10. The minimum atomic E-state index is -0.238. The minimum absolute atomic E-state index is 0. The summed E-state index contributed by atoms with van der Waals surface area (Å²) < 4.78 is 3.49. The lowest BCUT2D eigenvalue weighted by Gasteiger charge is -2.22. The first-order chi connectivity index (χ1) is 12.7. The minimum Gasteiger partial charge on any atom is -0.321 e. The monoisotopic (exact) mass is 388 g/mol. The molecule has 1 amide bonds. The number of tetrazole rings is 1. The molecule has 3 heterocycles. The van der Waals surface area contributed by atoms with Crippen LogP contribution in [0.5, 0.6) is 0 Å². The van der Waals surface area contributed by atoms with Gasteiger partial charge in [-0.15, -0.1) is 17.5 Å². The van der Waals surface area contributed by atoms with E-state index in [1.165, 1.54) is 0 Å². The van der Waals surface area contributed by atoms with Gasteiger partial charge in [0.2, 0.25) is 0 Å². The molecule has 3 aromatic rings. The number of halogens is 1. The molecular formula is C17H21ClN8O. The van der Waals surface area contributed by atoms with Crippen LogP contribution >= 0.6 is 12.4 Å². The summed E-state index contributed by atoms with van der Waals surface area (Å²) in [5.74, 6) is 0.436. The number of piperidine rings is 1. The van der Waals surface area contributed by atoms with Crippen LogP contribution in [0.25, 0.3) is 5.69 Å². The molecule has 0 saturated carbocycles. The zero-order valence-electron chi connectivity index (χ0n) is 14.9. The number of hydrogen-bond donors (Lipinski definition) is 2. The van der Waals surface area contributed by atoms with Crippen LogP contribution in [-0.4, -0.2) is 49.0 Å². The fraction of sp³-hybridized carbons (Fsp3) is 0.353. The highest BCUT2D eigenvalue weighted by Gasteiger charge is 2.18. The summed E-state index contributed by atoms with van der Waals surface area (Å²) in [7, 11) is 0. The van der Waals surface area contributed by atoms with Crippen molar-refractivity contribution < 1.29 is 4.79 Å². The Labute approximate surface area is 162 Å². The van der Waals surface area contributed by atoms with Gasteiger partial charge in [0.25, 0.3) is 5.91 Å². The molecule has 10 heteroatoms. The van der Waals surface area contributed by atoms with Gasteiger partial charge in [-0.3, -0.25) is 9.48 Å². The zero-order valence-corrected chi connectivity index (χ0v) is 15.7. The molecule has 1 aromatic carbocycles. The highest BCUT2D eigenvalue weighted by molar-refractivity contribution is 6.02. The van der Waals surface area contributed by atoms with Gasteiger partial charge in [0.05, 0.1) is 11.7 Å². The Balaban J connectivity index is 0.00000210. The third-order valence-electron chi connectivity index (χ3n) is 4.46. The summed E-state index contributed by atoms with van der Waals surface area (Å²) in [6.07, 6.45) is 4.06. The van der Waals surface area contributed by atoms with E-state index in [0.717, 1.165) is 31.6 Å². The molecule has 0 spiro atoms. The molecule has 9 nitrogen and oxygen atoms in total. The van der Waals surface area contributed by atoms with Crippen LogP contribution in [0.1, 0.15) is 35.2 Å². The summed E-state index contributed by atoms with van der Waals surface area (Å²) in [6, 6.07) is 9.42. The molecule has 1 fully saturated rings. The Morgan fingerprint density at radius 1 is 1.33 bits per heavy atom. The lowest BCUT2D eigenvalue weighted by Crippen LogP contribution is -2.32. The predicted octanol–water partition coefficient (Wildman–Crippen LogP) is 1.77. The van der Waals surface area contributed by atoms with Gasteiger partial charge in [-0.1, -0.05) is 6.07 Å². The second-order valence-electron chi connectivity index (χ2n) is 6.32. The van der Waals surface area contributed by atoms with E-state index in [1.54, 1.807) is 10.7 Å². The first kappa shape index (κ1) is 19.0. The summed E-state index contributed by atoms with van der Waals surface area (Å²) >= 11 is 0. The maximum absolute atomic E-state index is 12.5. The van der Waals surface area contributed by atoms with Crippen LogP contribution in [0.15, 0.2) is 36.5 Å². The van der Waals surface area contributed by atoms with Crippen LogP contribution in [-0.2, 0) is 0 Å². The standard InChI is InChI=1S/C17H20N8O.ClH/c1-12-20-22-23-25(12)14-5-2-4-13(10-14)19-17(26)16-7-9-24(21-16)15-6-3-8-18-11-15;/h2,4-5,7,9-10,15,18H,3,6,8,11H2,1H3,(H,19,26);1H. The quantitative estimate of drug-likeness (QED) is 0.706. The number of anilines is 1. The number of aromatic nitrogens is 6. The summed E-state index contributed by atoms with van der Waals surface area (Å²) in [5.41, 5.74) is 1.85. The third-order valence-corrected chi connectivity index (χ3v) is 4.46. The third kappa shape index (κ3) is 4.15. The van der Waals surface area contributed by atoms with Gasteiger partial charge in [0.15, 0.2) is 11.5 Å². The molecule has 27 heavy (non-hydrogen) atoms. The lowest BCUT2D eigenvalue weighted by atomic mass is 10.1. The van der Waals surface area contributed by atoms with E-state index in [2.05, 4.69) is 31.3 Å². The number of benzene rings is 1. The molecule has 1 atom stereocenters. The molecule has 1 aliphatic heterocycles. The number of carbonyl (C=O) groups excluding carboxylic acids is 1. The average molecular weight is 389 g/mol. The molecular weight excluding hydrogens is 368 g/mol. The van der Waals surface area contributed by atoms with E-state index < -0.39 is 0 Å². The van der Waals surface area contributed by atoms with Gasteiger partial charge in [-0.05, 0) is 61.0 Å². The van der Waals surface area contributed by atoms with Crippen molar-refractivity contribution in [2.75, 3.05) is 18.4 Å². The van der Waals surface area contributed by atoms with Gasteiger partial charge in [0, 0.05) is 18.4 Å². The van der Waals surface area contributed by atoms with Crippen molar-refractivity contribution in [1.82, 2.24) is 35.3 Å². The zero-order chi connectivity index (χ0) is 17.9. The number of nitrogens with zero attached hydrogens (tertiary/aromatic N) is 6. The smallest absolute Gasteiger partial charge is 0.276 e. The van der Waals surface area contributed by atoms with Crippen molar-refractivity contribution in [3.63, 3.8) is 0 Å². The molecule has 142 valence electrons. The molecule has 4 rings (SSSR count). The molecule has 2 aromatic heterocycles. The fourth-order valence-corrected chi connectivity index (χ4v) is 3.10. The first-order valence-corrected chi connectivity index (χ1v) is 8.63. The molecule has 1 saturated heterocycles. The highest BCUT2D eigenvalue weighted by Crippen LogP contribution is 2.18. The van der Waals surface area contributed by atoms with Gasteiger partial charge >= 0.3 is 0 Å². The molecule has 0 radical (unpaired) electrons. The Kier molecular flexibility index (Phi) is 5.82. The molecule has 1 unspecified atom stereocenters. The lowest BCUT2D eigenvalue weighted by molar-refractivity contribution is 0.102. The Morgan fingerprint density at radius 3 is 2.96 bits per heavy atom. The van der Waals surface area contributed by atoms with Crippen molar-refractivity contribution in [3.05, 3.63) is 48.0 Å². The number of rotatable bonds is 4. The van der Waals surface area contributed by atoms with E-state index >= 15 is 0 Å². The van der Waals surface area contributed by atoms with Crippen molar-refractivity contribution in [1.29, 1.82) is 0 Å². The van der Waals surface area contributed by atoms with E-state index in [4.69, 9.17) is 0 Å². The van der Waals surface area contributed by atoms with Crippen LogP contribution < -0.4 is 10.6 Å². The van der Waals surface area contributed by atoms with Crippen LogP contribution in [0, 0.1) is 6.92 Å². The Bertz CT molecular complexity index is 915. The van der Waals surface area contributed by atoms with E-state index in [0.29, 0.717) is 23.2 Å². The molecule has 2 N–H and O–H groups in total. The van der Waals surface area contributed by atoms with Gasteiger partial charge < -0.3 is 10.6 Å². The predicted molar refractivity (Wildman–Crippen MR) is 102 cm³/mol. The van der Waals surface area contributed by atoms with Gasteiger partial charge in [0.1, 0.15) is 0 Å². The largest absolute Gasteiger partial charge is 0.321 e.